The fourth-order valence-electron chi connectivity index (χ4n) is 1.99. The lowest BCUT2D eigenvalue weighted by atomic mass is 10.1. The molecule has 0 amide bonds. The Labute approximate surface area is 117 Å². The van der Waals surface area contributed by atoms with Crippen LogP contribution in [0.15, 0.2) is 30.3 Å². The topological polar surface area (TPSA) is 30.5 Å². The molecule has 0 heterocycles. The Morgan fingerprint density at radius 3 is 2.63 bits per heavy atom. The molecule has 0 saturated carbocycles. The van der Waals surface area contributed by atoms with Gasteiger partial charge in [0.15, 0.2) is 0 Å². The van der Waals surface area contributed by atoms with Gasteiger partial charge in [-0.1, -0.05) is 25.1 Å². The fraction of sp³-hybridized carbons (Fsp3) is 0.625. The molecule has 1 unspecified atom stereocenters. The second-order valence-electron chi connectivity index (χ2n) is 4.76. The minimum Gasteiger partial charge on any atom is -0.494 e. The Bertz CT molecular complexity index is 303. The summed E-state index contributed by atoms with van der Waals surface area (Å²) in [6, 6.07) is 10.5. The van der Waals surface area contributed by atoms with E-state index in [0.29, 0.717) is 6.04 Å². The molecular weight excluding hydrogens is 238 g/mol. The van der Waals surface area contributed by atoms with Crippen LogP contribution in [0, 0.1) is 0 Å². The number of hydrogen-bond donors (Lipinski definition) is 1. The number of para-hydroxylation sites is 1. The number of nitrogens with one attached hydrogen (secondary N) is 1. The standard InChI is InChI=1S/C16H27NO2/c1-3-12-17-15(14-18-2)9-7-8-13-19-16-10-5-4-6-11-16/h4-6,10-11,15,17H,3,7-9,12-14H2,1-2H3. The van der Waals surface area contributed by atoms with E-state index in [1.807, 2.05) is 30.3 Å². The van der Waals surface area contributed by atoms with Gasteiger partial charge in [-0.2, -0.15) is 0 Å². The summed E-state index contributed by atoms with van der Waals surface area (Å²) in [5.41, 5.74) is 0. The molecule has 108 valence electrons. The monoisotopic (exact) mass is 265 g/mol. The van der Waals surface area contributed by atoms with Gasteiger partial charge in [0, 0.05) is 13.2 Å². The van der Waals surface area contributed by atoms with E-state index in [-0.39, 0.29) is 0 Å². The first kappa shape index (κ1) is 16.0. The third kappa shape index (κ3) is 7.85. The van der Waals surface area contributed by atoms with Crippen molar-refractivity contribution in [3.05, 3.63) is 30.3 Å². The zero-order valence-electron chi connectivity index (χ0n) is 12.2. The van der Waals surface area contributed by atoms with Crippen LogP contribution in [0.3, 0.4) is 0 Å². The van der Waals surface area contributed by atoms with Crippen LogP contribution >= 0.6 is 0 Å². The highest BCUT2D eigenvalue weighted by molar-refractivity contribution is 5.20. The second-order valence-corrected chi connectivity index (χ2v) is 4.76. The first-order valence-corrected chi connectivity index (χ1v) is 7.27. The second kappa shape index (κ2) is 10.8. The molecule has 0 fully saturated rings. The van der Waals surface area contributed by atoms with Crippen molar-refractivity contribution in [1.29, 1.82) is 0 Å². The lowest BCUT2D eigenvalue weighted by molar-refractivity contribution is 0.160. The molecule has 0 radical (unpaired) electrons. The zero-order valence-corrected chi connectivity index (χ0v) is 12.2. The van der Waals surface area contributed by atoms with Gasteiger partial charge >= 0.3 is 0 Å². The zero-order chi connectivity index (χ0) is 13.8. The van der Waals surface area contributed by atoms with Gasteiger partial charge in [0.25, 0.3) is 0 Å². The molecule has 0 aliphatic carbocycles. The Hall–Kier alpha value is -1.06. The van der Waals surface area contributed by atoms with Crippen molar-refractivity contribution in [1.82, 2.24) is 5.32 Å². The Morgan fingerprint density at radius 2 is 1.95 bits per heavy atom. The van der Waals surface area contributed by atoms with E-state index in [0.717, 1.165) is 51.2 Å². The van der Waals surface area contributed by atoms with Crippen LogP contribution in [0.1, 0.15) is 32.6 Å². The van der Waals surface area contributed by atoms with Crippen LogP contribution < -0.4 is 10.1 Å². The van der Waals surface area contributed by atoms with Gasteiger partial charge in [0.2, 0.25) is 0 Å². The number of hydrogen-bond acceptors (Lipinski definition) is 3. The van der Waals surface area contributed by atoms with Gasteiger partial charge in [-0.25, -0.2) is 0 Å². The minimum atomic E-state index is 0.474. The van der Waals surface area contributed by atoms with E-state index in [2.05, 4.69) is 12.2 Å². The summed E-state index contributed by atoms with van der Waals surface area (Å²) in [7, 11) is 1.76. The molecule has 1 aromatic rings. The van der Waals surface area contributed by atoms with E-state index in [4.69, 9.17) is 9.47 Å². The van der Waals surface area contributed by atoms with Crippen molar-refractivity contribution < 1.29 is 9.47 Å². The first-order valence-electron chi connectivity index (χ1n) is 7.27. The molecule has 3 nitrogen and oxygen atoms in total. The molecule has 0 bridgehead atoms. The maximum Gasteiger partial charge on any atom is 0.119 e. The third-order valence-electron chi connectivity index (χ3n) is 3.01. The molecule has 1 aromatic carbocycles. The highest BCUT2D eigenvalue weighted by Crippen LogP contribution is 2.09. The van der Waals surface area contributed by atoms with Crippen LogP contribution in [0.5, 0.6) is 5.75 Å². The van der Waals surface area contributed by atoms with E-state index in [1.165, 1.54) is 0 Å². The molecule has 0 aliphatic heterocycles. The number of unbranched alkanes of at least 4 members (excludes halogenated alkanes) is 1. The normalized spacial score (nSPS) is 12.3. The molecule has 1 N–H and O–H groups in total. The molecule has 0 saturated heterocycles. The molecule has 0 spiro atoms. The van der Waals surface area contributed by atoms with E-state index in [9.17, 15) is 0 Å². The average molecular weight is 265 g/mol. The van der Waals surface area contributed by atoms with Crippen molar-refractivity contribution in [2.24, 2.45) is 0 Å². The maximum absolute atomic E-state index is 5.68. The molecule has 19 heavy (non-hydrogen) atoms. The average Bonchev–Trinajstić information content (AvgIpc) is 2.45. The number of ether oxygens (including phenoxy) is 2. The third-order valence-corrected chi connectivity index (χ3v) is 3.01. The van der Waals surface area contributed by atoms with Gasteiger partial charge in [-0.15, -0.1) is 0 Å². The Balaban J connectivity index is 2.07. The van der Waals surface area contributed by atoms with E-state index in [1.54, 1.807) is 7.11 Å². The highest BCUT2D eigenvalue weighted by atomic mass is 16.5. The van der Waals surface area contributed by atoms with Crippen molar-refractivity contribution in [2.45, 2.75) is 38.6 Å². The highest BCUT2D eigenvalue weighted by Gasteiger charge is 2.06. The van der Waals surface area contributed by atoms with Gasteiger partial charge < -0.3 is 14.8 Å². The van der Waals surface area contributed by atoms with Crippen LogP contribution in [0.2, 0.25) is 0 Å². The van der Waals surface area contributed by atoms with Crippen molar-refractivity contribution >= 4 is 0 Å². The predicted molar refractivity (Wildman–Crippen MR) is 79.7 cm³/mol. The number of rotatable bonds is 11. The number of benzene rings is 1. The quantitative estimate of drug-likeness (QED) is 0.623. The summed E-state index contributed by atoms with van der Waals surface area (Å²) >= 11 is 0. The van der Waals surface area contributed by atoms with Crippen molar-refractivity contribution in [3.63, 3.8) is 0 Å². The first-order chi connectivity index (χ1) is 9.36. The van der Waals surface area contributed by atoms with Gasteiger partial charge in [-0.05, 0) is 44.4 Å². The van der Waals surface area contributed by atoms with Crippen molar-refractivity contribution in [2.75, 3.05) is 26.9 Å². The summed E-state index contributed by atoms with van der Waals surface area (Å²) in [5, 5.41) is 3.51. The van der Waals surface area contributed by atoms with Crippen LogP contribution in [-0.4, -0.2) is 32.9 Å². The smallest absolute Gasteiger partial charge is 0.119 e. The maximum atomic E-state index is 5.68. The van der Waals surface area contributed by atoms with Crippen LogP contribution in [-0.2, 0) is 4.74 Å². The largest absolute Gasteiger partial charge is 0.494 e. The Kier molecular flexibility index (Phi) is 9.11. The summed E-state index contributed by atoms with van der Waals surface area (Å²) in [5.74, 6) is 0.958. The lowest BCUT2D eigenvalue weighted by Crippen LogP contribution is -2.33. The predicted octanol–water partition coefficient (Wildman–Crippen LogP) is 3.25. The van der Waals surface area contributed by atoms with Crippen molar-refractivity contribution in [3.8, 4) is 5.75 Å². The molecule has 3 heteroatoms. The van der Waals surface area contributed by atoms with Gasteiger partial charge in [0.1, 0.15) is 5.75 Å². The van der Waals surface area contributed by atoms with E-state index < -0.39 is 0 Å². The molecule has 0 aromatic heterocycles. The van der Waals surface area contributed by atoms with E-state index >= 15 is 0 Å². The van der Waals surface area contributed by atoms with Crippen LogP contribution in [0.25, 0.3) is 0 Å². The fourth-order valence-corrected chi connectivity index (χ4v) is 1.99. The summed E-state index contributed by atoms with van der Waals surface area (Å²) in [6.07, 6.45) is 4.56. The van der Waals surface area contributed by atoms with Gasteiger partial charge in [0.05, 0.1) is 13.2 Å². The molecular formula is C16H27NO2. The molecule has 1 atom stereocenters. The lowest BCUT2D eigenvalue weighted by Gasteiger charge is -2.17. The summed E-state index contributed by atoms with van der Waals surface area (Å²) in [4.78, 5) is 0. The summed E-state index contributed by atoms with van der Waals surface area (Å²) < 4.78 is 10.9. The SMILES string of the molecule is CCCNC(CCCCOc1ccccc1)COC. The number of methoxy groups -OCH3 is 1. The molecule has 1 rings (SSSR count). The van der Waals surface area contributed by atoms with Gasteiger partial charge in [-0.3, -0.25) is 0 Å². The molecule has 0 aliphatic rings. The van der Waals surface area contributed by atoms with Crippen LogP contribution in [0.4, 0.5) is 0 Å². The Morgan fingerprint density at radius 1 is 1.16 bits per heavy atom. The summed E-state index contributed by atoms with van der Waals surface area (Å²) in [6.45, 7) is 4.83. The minimum absolute atomic E-state index is 0.474.